The van der Waals surface area contributed by atoms with Crippen molar-refractivity contribution >= 4 is 34.7 Å². The average molecular weight is 311 g/mol. The fourth-order valence-corrected chi connectivity index (χ4v) is 3.07. The van der Waals surface area contributed by atoms with Gasteiger partial charge in [0.1, 0.15) is 4.88 Å². The van der Waals surface area contributed by atoms with Crippen molar-refractivity contribution in [3.63, 3.8) is 0 Å². The Morgan fingerprint density at radius 2 is 2.30 bits per heavy atom. The molecule has 0 spiro atoms. The van der Waals surface area contributed by atoms with Gasteiger partial charge in [-0.05, 0) is 29.4 Å². The topological polar surface area (TPSA) is 92.2 Å². The van der Waals surface area contributed by atoms with Crippen LogP contribution in [0, 0.1) is 0 Å². The maximum atomic E-state index is 12.2. The van der Waals surface area contributed by atoms with E-state index in [0.29, 0.717) is 21.9 Å². The van der Waals surface area contributed by atoms with Crippen LogP contribution in [-0.4, -0.2) is 26.6 Å². The summed E-state index contributed by atoms with van der Waals surface area (Å²) in [7, 11) is 0. The molecule has 1 atom stereocenters. The van der Waals surface area contributed by atoms with E-state index in [0.717, 1.165) is 18.0 Å². The summed E-state index contributed by atoms with van der Waals surface area (Å²) in [6, 6.07) is 2.39. The van der Waals surface area contributed by atoms with E-state index >= 15 is 0 Å². The van der Waals surface area contributed by atoms with Crippen LogP contribution < -0.4 is 5.32 Å². The fourth-order valence-electron chi connectivity index (χ4n) is 1.69. The third-order valence-electron chi connectivity index (χ3n) is 2.60. The zero-order chi connectivity index (χ0) is 14.5. The largest absolute Gasteiger partial charge is 0.479 e. The van der Waals surface area contributed by atoms with Crippen LogP contribution in [0.15, 0.2) is 17.5 Å². The van der Waals surface area contributed by atoms with Crippen molar-refractivity contribution in [1.82, 2.24) is 14.9 Å². The molecule has 106 valence electrons. The molecule has 0 bridgehead atoms. The molecule has 2 aromatic rings. The fraction of sp³-hybridized carbons (Fsp3) is 0.333. The number of nitrogens with one attached hydrogen (secondary N) is 1. The maximum Gasteiger partial charge on any atom is 0.331 e. The highest BCUT2D eigenvalue weighted by molar-refractivity contribution is 7.10. The minimum atomic E-state index is -1.09. The maximum absolute atomic E-state index is 12.2. The van der Waals surface area contributed by atoms with Gasteiger partial charge >= 0.3 is 5.97 Å². The number of carboxylic acid groups (broad SMARTS) is 1. The third kappa shape index (κ3) is 3.20. The van der Waals surface area contributed by atoms with Gasteiger partial charge in [-0.2, -0.15) is 0 Å². The summed E-state index contributed by atoms with van der Waals surface area (Å²) in [5.74, 6) is -1.53. The Hall–Kier alpha value is -1.80. The van der Waals surface area contributed by atoms with E-state index in [1.165, 1.54) is 11.3 Å². The Labute approximate surface area is 123 Å². The minimum absolute atomic E-state index is 0.384. The molecule has 0 aliphatic rings. The molecular formula is C12H13N3O3S2. The van der Waals surface area contributed by atoms with Gasteiger partial charge < -0.3 is 10.4 Å². The second kappa shape index (κ2) is 6.58. The second-order valence-corrected chi connectivity index (χ2v) is 5.79. The normalized spacial score (nSPS) is 12.1. The van der Waals surface area contributed by atoms with Crippen LogP contribution in [0.4, 0.5) is 0 Å². The third-order valence-corrected chi connectivity index (χ3v) is 4.30. The number of thiophene rings is 1. The number of aromatic nitrogens is 2. The lowest BCUT2D eigenvalue weighted by Crippen LogP contribution is -2.33. The van der Waals surface area contributed by atoms with E-state index in [1.54, 1.807) is 17.5 Å². The molecule has 8 heteroatoms. The SMILES string of the molecule is CCCc1nnsc1C(=O)NC(C(=O)O)c1cccs1. The highest BCUT2D eigenvalue weighted by Gasteiger charge is 2.25. The number of nitrogens with zero attached hydrogens (tertiary/aromatic N) is 2. The number of aliphatic carboxylic acids is 1. The Balaban J connectivity index is 2.16. The molecule has 20 heavy (non-hydrogen) atoms. The molecule has 2 aromatic heterocycles. The first-order valence-corrected chi connectivity index (χ1v) is 7.67. The molecule has 1 amide bonds. The highest BCUT2D eigenvalue weighted by Crippen LogP contribution is 2.21. The van der Waals surface area contributed by atoms with Crippen LogP contribution >= 0.6 is 22.9 Å². The van der Waals surface area contributed by atoms with Gasteiger partial charge in [0.25, 0.3) is 5.91 Å². The van der Waals surface area contributed by atoms with E-state index in [1.807, 2.05) is 6.92 Å². The molecule has 2 N–H and O–H groups in total. The number of carbonyl (C=O) groups is 2. The van der Waals surface area contributed by atoms with Crippen molar-refractivity contribution in [2.45, 2.75) is 25.8 Å². The molecule has 2 heterocycles. The summed E-state index contributed by atoms with van der Waals surface area (Å²) in [6.07, 6.45) is 1.50. The van der Waals surface area contributed by atoms with Crippen molar-refractivity contribution in [2.24, 2.45) is 0 Å². The van der Waals surface area contributed by atoms with Gasteiger partial charge in [0.05, 0.1) is 5.69 Å². The Kier molecular flexibility index (Phi) is 4.80. The Bertz CT molecular complexity index is 595. The number of rotatable bonds is 6. The van der Waals surface area contributed by atoms with Gasteiger partial charge in [-0.3, -0.25) is 4.79 Å². The standard InChI is InChI=1S/C12H13N3O3S2/c1-2-4-7-10(20-15-14-7)11(16)13-9(12(17)18)8-5-3-6-19-8/h3,5-6,9H,2,4H2,1H3,(H,13,16)(H,17,18). The van der Waals surface area contributed by atoms with Crippen molar-refractivity contribution in [1.29, 1.82) is 0 Å². The van der Waals surface area contributed by atoms with E-state index in [-0.39, 0.29) is 0 Å². The monoisotopic (exact) mass is 311 g/mol. The lowest BCUT2D eigenvalue weighted by atomic mass is 10.2. The highest BCUT2D eigenvalue weighted by atomic mass is 32.1. The van der Waals surface area contributed by atoms with Crippen LogP contribution in [-0.2, 0) is 11.2 Å². The van der Waals surface area contributed by atoms with Crippen LogP contribution in [0.5, 0.6) is 0 Å². The number of hydrogen-bond donors (Lipinski definition) is 2. The number of carbonyl (C=O) groups excluding carboxylic acids is 1. The van der Waals surface area contributed by atoms with E-state index in [9.17, 15) is 14.7 Å². The molecule has 0 radical (unpaired) electrons. The van der Waals surface area contributed by atoms with Gasteiger partial charge in [-0.25, -0.2) is 4.79 Å². The van der Waals surface area contributed by atoms with Crippen molar-refractivity contribution in [3.8, 4) is 0 Å². The summed E-state index contributed by atoms with van der Waals surface area (Å²) in [5, 5.41) is 17.4. The lowest BCUT2D eigenvalue weighted by molar-refractivity contribution is -0.139. The van der Waals surface area contributed by atoms with Crippen molar-refractivity contribution in [2.75, 3.05) is 0 Å². The predicted molar refractivity (Wildman–Crippen MR) is 76.1 cm³/mol. The van der Waals surface area contributed by atoms with Gasteiger partial charge in [0, 0.05) is 4.88 Å². The van der Waals surface area contributed by atoms with Gasteiger partial charge in [-0.1, -0.05) is 23.9 Å². The Morgan fingerprint density at radius 3 is 2.90 bits per heavy atom. The van der Waals surface area contributed by atoms with Crippen molar-refractivity contribution in [3.05, 3.63) is 33.0 Å². The number of aryl methyl sites for hydroxylation is 1. The first kappa shape index (κ1) is 14.6. The molecular weight excluding hydrogens is 298 g/mol. The van der Waals surface area contributed by atoms with Crippen molar-refractivity contribution < 1.29 is 14.7 Å². The molecule has 0 saturated carbocycles. The first-order chi connectivity index (χ1) is 9.63. The van der Waals surface area contributed by atoms with Gasteiger partial charge in [-0.15, -0.1) is 16.4 Å². The summed E-state index contributed by atoms with van der Waals surface area (Å²) >= 11 is 2.28. The molecule has 0 saturated heterocycles. The summed E-state index contributed by atoms with van der Waals surface area (Å²) in [5.41, 5.74) is 0.616. The van der Waals surface area contributed by atoms with E-state index < -0.39 is 17.9 Å². The zero-order valence-corrected chi connectivity index (χ0v) is 12.3. The molecule has 0 fully saturated rings. The smallest absolute Gasteiger partial charge is 0.331 e. The minimum Gasteiger partial charge on any atom is -0.479 e. The average Bonchev–Trinajstić information content (AvgIpc) is 3.06. The van der Waals surface area contributed by atoms with Crippen LogP contribution in [0.3, 0.4) is 0 Å². The molecule has 1 unspecified atom stereocenters. The molecule has 6 nitrogen and oxygen atoms in total. The quantitative estimate of drug-likeness (QED) is 0.852. The zero-order valence-electron chi connectivity index (χ0n) is 10.7. The lowest BCUT2D eigenvalue weighted by Gasteiger charge is -2.12. The number of hydrogen-bond acceptors (Lipinski definition) is 6. The first-order valence-electron chi connectivity index (χ1n) is 6.01. The summed E-state index contributed by atoms with van der Waals surface area (Å²) < 4.78 is 3.76. The summed E-state index contributed by atoms with van der Waals surface area (Å²) in [4.78, 5) is 24.4. The second-order valence-electron chi connectivity index (χ2n) is 4.06. The predicted octanol–water partition coefficient (Wildman–Crippen LogP) is 2.11. The number of amides is 1. The molecule has 2 rings (SSSR count). The van der Waals surface area contributed by atoms with Crippen LogP contribution in [0.1, 0.15) is 39.6 Å². The van der Waals surface area contributed by atoms with Gasteiger partial charge in [0.2, 0.25) is 0 Å². The Morgan fingerprint density at radius 1 is 1.50 bits per heavy atom. The van der Waals surface area contributed by atoms with E-state index in [4.69, 9.17) is 0 Å². The van der Waals surface area contributed by atoms with Crippen LogP contribution in [0.2, 0.25) is 0 Å². The van der Waals surface area contributed by atoms with Crippen LogP contribution in [0.25, 0.3) is 0 Å². The molecule has 0 aromatic carbocycles. The van der Waals surface area contributed by atoms with E-state index in [2.05, 4.69) is 14.9 Å². The molecule has 0 aliphatic carbocycles. The summed E-state index contributed by atoms with van der Waals surface area (Å²) in [6.45, 7) is 1.98. The number of carboxylic acids is 1. The van der Waals surface area contributed by atoms with Gasteiger partial charge in [0.15, 0.2) is 6.04 Å². The molecule has 0 aliphatic heterocycles.